The normalized spacial score (nSPS) is 13.0. The van der Waals surface area contributed by atoms with E-state index in [1.165, 1.54) is 0 Å². The van der Waals surface area contributed by atoms with E-state index in [4.69, 9.17) is 21.4 Å². The molecular weight excluding hydrogens is 446 g/mol. The van der Waals surface area contributed by atoms with E-state index in [0.717, 1.165) is 41.0 Å². The molecule has 5 nitrogen and oxygen atoms in total. The summed E-state index contributed by atoms with van der Waals surface area (Å²) in [5, 5.41) is 5.27. The number of hydrogen-bond acceptors (Lipinski definition) is 3. The minimum absolute atomic E-state index is 0.0718. The Morgan fingerprint density at radius 1 is 1.06 bits per heavy atom. The number of carbonyl (C=O) groups is 1. The smallest absolute Gasteiger partial charge is 0.255 e. The maximum absolute atomic E-state index is 13.6. The van der Waals surface area contributed by atoms with E-state index < -0.39 is 0 Å². The molecule has 0 saturated heterocycles. The van der Waals surface area contributed by atoms with Gasteiger partial charge in [0.2, 0.25) is 5.88 Å². The Morgan fingerprint density at radius 3 is 2.50 bits per heavy atom. The molecule has 0 unspecified atom stereocenters. The molecule has 0 N–H and O–H groups in total. The molecule has 0 aliphatic heterocycles. The molecule has 5 rings (SSSR count). The highest BCUT2D eigenvalue weighted by atomic mass is 35.5. The molecule has 0 atom stereocenters. The fourth-order valence-corrected chi connectivity index (χ4v) is 4.37. The van der Waals surface area contributed by atoms with Crippen LogP contribution in [0.5, 0.6) is 11.6 Å². The molecule has 1 fully saturated rings. The number of ether oxygens (including phenoxy) is 1. The zero-order valence-electron chi connectivity index (χ0n) is 19.2. The molecule has 1 aliphatic rings. The van der Waals surface area contributed by atoms with E-state index in [2.05, 4.69) is 0 Å². The van der Waals surface area contributed by atoms with Crippen molar-refractivity contribution in [1.82, 2.24) is 14.7 Å². The Kier molecular flexibility index (Phi) is 6.12. The molecular formula is C28H26ClN3O2. The number of hydrogen-bond donors (Lipinski definition) is 0. The fraction of sp³-hybridized carbons (Fsp3) is 0.214. The minimum atomic E-state index is -0.0718. The van der Waals surface area contributed by atoms with Gasteiger partial charge < -0.3 is 9.64 Å². The molecule has 1 aromatic heterocycles. The summed E-state index contributed by atoms with van der Waals surface area (Å²) in [5.74, 6) is 1.29. The Morgan fingerprint density at radius 2 is 1.79 bits per heavy atom. The van der Waals surface area contributed by atoms with Crippen molar-refractivity contribution in [2.45, 2.75) is 32.4 Å². The third-order valence-corrected chi connectivity index (χ3v) is 6.35. The van der Waals surface area contributed by atoms with E-state index in [0.29, 0.717) is 23.0 Å². The molecule has 34 heavy (non-hydrogen) atoms. The number of amides is 1. The quantitative estimate of drug-likeness (QED) is 0.303. The second kappa shape index (κ2) is 9.35. The van der Waals surface area contributed by atoms with E-state index >= 15 is 0 Å². The average Bonchev–Trinajstić information content (AvgIpc) is 3.64. The van der Waals surface area contributed by atoms with Crippen LogP contribution in [0.15, 0.2) is 78.9 Å². The maximum atomic E-state index is 13.6. The second-order valence-corrected chi connectivity index (χ2v) is 9.09. The first-order valence-electron chi connectivity index (χ1n) is 11.4. The highest BCUT2D eigenvalue weighted by Crippen LogP contribution is 2.38. The highest BCUT2D eigenvalue weighted by Gasteiger charge is 2.36. The van der Waals surface area contributed by atoms with Gasteiger partial charge in [0.1, 0.15) is 11.4 Å². The van der Waals surface area contributed by atoms with Crippen molar-refractivity contribution in [1.29, 1.82) is 0 Å². The average molecular weight is 472 g/mol. The Hall–Kier alpha value is -3.57. The van der Waals surface area contributed by atoms with E-state index in [9.17, 15) is 4.79 Å². The third kappa shape index (κ3) is 4.57. The van der Waals surface area contributed by atoms with E-state index in [-0.39, 0.29) is 11.9 Å². The zero-order chi connectivity index (χ0) is 23.7. The van der Waals surface area contributed by atoms with Gasteiger partial charge in [-0.1, -0.05) is 66.2 Å². The third-order valence-electron chi connectivity index (χ3n) is 6.02. The van der Waals surface area contributed by atoms with Gasteiger partial charge >= 0.3 is 0 Å². The molecule has 0 bridgehead atoms. The van der Waals surface area contributed by atoms with E-state index in [1.54, 1.807) is 16.8 Å². The predicted molar refractivity (Wildman–Crippen MR) is 134 cm³/mol. The predicted octanol–water partition coefficient (Wildman–Crippen LogP) is 6.65. The highest BCUT2D eigenvalue weighted by molar-refractivity contribution is 6.33. The molecule has 1 saturated carbocycles. The van der Waals surface area contributed by atoms with Crippen molar-refractivity contribution < 1.29 is 9.53 Å². The number of carbonyl (C=O) groups excluding carboxylic acids is 1. The lowest BCUT2D eigenvalue weighted by molar-refractivity contribution is 0.0729. The van der Waals surface area contributed by atoms with Crippen LogP contribution >= 0.6 is 11.6 Å². The van der Waals surface area contributed by atoms with Gasteiger partial charge in [0.05, 0.1) is 22.7 Å². The van der Waals surface area contributed by atoms with Gasteiger partial charge in [-0.25, -0.2) is 4.68 Å². The molecule has 1 aliphatic carbocycles. The van der Waals surface area contributed by atoms with Crippen molar-refractivity contribution in [3.05, 3.63) is 101 Å². The minimum Gasteiger partial charge on any atom is -0.439 e. The number of nitrogens with zero attached hydrogens (tertiary/aromatic N) is 3. The summed E-state index contributed by atoms with van der Waals surface area (Å²) in [6, 6.07) is 25.3. The second-order valence-electron chi connectivity index (χ2n) is 8.68. The largest absolute Gasteiger partial charge is 0.439 e. The summed E-state index contributed by atoms with van der Waals surface area (Å²) >= 11 is 6.39. The van der Waals surface area contributed by atoms with Crippen molar-refractivity contribution in [2.24, 2.45) is 7.05 Å². The molecule has 172 valence electrons. The lowest BCUT2D eigenvalue weighted by atomic mass is 10.1. The lowest BCUT2D eigenvalue weighted by Gasteiger charge is -2.24. The molecule has 1 heterocycles. The summed E-state index contributed by atoms with van der Waals surface area (Å²) in [6.07, 6.45) is 1.95. The summed E-state index contributed by atoms with van der Waals surface area (Å²) in [7, 11) is 1.87. The van der Waals surface area contributed by atoms with Crippen LogP contribution in [-0.4, -0.2) is 26.6 Å². The van der Waals surface area contributed by atoms with Crippen molar-refractivity contribution in [2.75, 3.05) is 0 Å². The molecule has 3 aromatic carbocycles. The van der Waals surface area contributed by atoms with Crippen LogP contribution < -0.4 is 4.74 Å². The number of rotatable bonds is 7. The van der Waals surface area contributed by atoms with E-state index in [1.807, 2.05) is 85.6 Å². The Bertz CT molecular complexity index is 1330. The van der Waals surface area contributed by atoms with Crippen molar-refractivity contribution >= 4 is 17.5 Å². The number of benzene rings is 3. The van der Waals surface area contributed by atoms with Gasteiger partial charge in [-0.15, -0.1) is 0 Å². The van der Waals surface area contributed by atoms with Gasteiger partial charge in [0.25, 0.3) is 5.91 Å². The van der Waals surface area contributed by atoms with Crippen LogP contribution in [0.1, 0.15) is 34.3 Å². The number of aromatic nitrogens is 2. The van der Waals surface area contributed by atoms with Crippen LogP contribution in [0.25, 0.3) is 11.3 Å². The van der Waals surface area contributed by atoms with Crippen LogP contribution in [0.2, 0.25) is 5.02 Å². The fourth-order valence-electron chi connectivity index (χ4n) is 4.15. The maximum Gasteiger partial charge on any atom is 0.255 e. The molecule has 6 heteroatoms. The molecule has 4 aromatic rings. The summed E-state index contributed by atoms with van der Waals surface area (Å²) in [6.45, 7) is 2.41. The first kappa shape index (κ1) is 22.2. The summed E-state index contributed by atoms with van der Waals surface area (Å²) in [5.41, 5.74) is 4.29. The molecule has 0 spiro atoms. The van der Waals surface area contributed by atoms with Gasteiger partial charge in [0, 0.05) is 18.7 Å². The van der Waals surface area contributed by atoms with Crippen molar-refractivity contribution in [3.63, 3.8) is 0 Å². The SMILES string of the molecule is Cc1cccc(Oc2c(CN(C(=O)c3ccccc3Cl)C3CC3)c(-c3ccccc3)nn2C)c1. The Balaban J connectivity index is 1.58. The lowest BCUT2D eigenvalue weighted by Crippen LogP contribution is -2.33. The van der Waals surface area contributed by atoms with Gasteiger partial charge in [0.15, 0.2) is 0 Å². The van der Waals surface area contributed by atoms with Gasteiger partial charge in [-0.05, 0) is 49.6 Å². The molecule has 1 amide bonds. The van der Waals surface area contributed by atoms with Crippen LogP contribution in [0, 0.1) is 6.92 Å². The van der Waals surface area contributed by atoms with Crippen molar-refractivity contribution in [3.8, 4) is 22.9 Å². The number of halogens is 1. The summed E-state index contributed by atoms with van der Waals surface area (Å²) in [4.78, 5) is 15.5. The first-order valence-corrected chi connectivity index (χ1v) is 11.8. The zero-order valence-corrected chi connectivity index (χ0v) is 20.0. The van der Waals surface area contributed by atoms with Gasteiger partial charge in [-0.3, -0.25) is 4.79 Å². The Labute approximate surface area is 204 Å². The van der Waals surface area contributed by atoms with Gasteiger partial charge in [-0.2, -0.15) is 5.10 Å². The number of aryl methyl sites for hydroxylation is 2. The van der Waals surface area contributed by atoms with Crippen LogP contribution in [0.3, 0.4) is 0 Å². The molecule has 0 radical (unpaired) electrons. The van der Waals surface area contributed by atoms with Crippen LogP contribution in [0.4, 0.5) is 0 Å². The van der Waals surface area contributed by atoms with Crippen LogP contribution in [-0.2, 0) is 13.6 Å². The first-order chi connectivity index (χ1) is 16.5. The standard InChI is InChI=1S/C28H26ClN3O2/c1-19-9-8-12-22(17-19)34-28-24(26(30-31(28)2)20-10-4-3-5-11-20)18-32(21-15-16-21)27(33)23-13-6-7-14-25(23)29/h3-14,17,21H,15-16,18H2,1-2H3. The summed E-state index contributed by atoms with van der Waals surface area (Å²) < 4.78 is 8.12. The topological polar surface area (TPSA) is 47.4 Å². The monoisotopic (exact) mass is 471 g/mol.